The first-order valence-electron chi connectivity index (χ1n) is 12.8. The summed E-state index contributed by atoms with van der Waals surface area (Å²) in [5.74, 6) is 0.0540. The molecule has 0 rings (SSSR count). The lowest BCUT2D eigenvalue weighted by Crippen LogP contribution is -2.40. The topological polar surface area (TPSA) is 72.8 Å². The van der Waals surface area contributed by atoms with Gasteiger partial charge in [0.15, 0.2) is 5.60 Å². The molecule has 0 aromatic rings. The van der Waals surface area contributed by atoms with Crippen LogP contribution in [-0.4, -0.2) is 35.9 Å². The molecule has 184 valence electrons. The standard InChI is InChI=1S/C26H50O5/c1-6-7-8-9-12-15-18-26(29,25(28)31-21-23(4)5)19-16-13-10-11-14-17-24(27)30-20-22(2)3/h22-23,29H,6-21H2,1-5H3. The van der Waals surface area contributed by atoms with Gasteiger partial charge in [-0.25, -0.2) is 4.79 Å². The van der Waals surface area contributed by atoms with Crippen LogP contribution in [-0.2, 0) is 19.1 Å². The Kier molecular flexibility index (Phi) is 17.8. The fraction of sp³-hybridized carbons (Fsp3) is 0.923. The molecule has 0 saturated carbocycles. The molecule has 0 aromatic carbocycles. The van der Waals surface area contributed by atoms with E-state index in [1.807, 2.05) is 27.7 Å². The minimum atomic E-state index is -1.36. The third-order valence-electron chi connectivity index (χ3n) is 5.42. The van der Waals surface area contributed by atoms with Crippen LogP contribution in [0.5, 0.6) is 0 Å². The SMILES string of the molecule is CCCCCCCCC(O)(CCCCCCCC(=O)OCC(C)C)C(=O)OCC(C)C. The number of rotatable bonds is 20. The zero-order valence-electron chi connectivity index (χ0n) is 21.0. The van der Waals surface area contributed by atoms with Crippen molar-refractivity contribution in [3.8, 4) is 0 Å². The maximum atomic E-state index is 12.6. The Morgan fingerprint density at radius 3 is 1.68 bits per heavy atom. The number of carbonyl (C=O) groups is 2. The average molecular weight is 443 g/mol. The molecule has 0 bridgehead atoms. The average Bonchev–Trinajstić information content (AvgIpc) is 2.72. The van der Waals surface area contributed by atoms with Gasteiger partial charge in [0.25, 0.3) is 0 Å². The van der Waals surface area contributed by atoms with Crippen molar-refractivity contribution in [2.45, 2.75) is 130 Å². The highest BCUT2D eigenvalue weighted by Gasteiger charge is 2.36. The Balaban J connectivity index is 4.22. The van der Waals surface area contributed by atoms with E-state index in [-0.39, 0.29) is 11.9 Å². The molecule has 0 aliphatic rings. The summed E-state index contributed by atoms with van der Waals surface area (Å²) in [5.41, 5.74) is -1.36. The van der Waals surface area contributed by atoms with Crippen LogP contribution in [0.15, 0.2) is 0 Å². The molecule has 31 heavy (non-hydrogen) atoms. The van der Waals surface area contributed by atoms with Gasteiger partial charge >= 0.3 is 11.9 Å². The number of carbonyl (C=O) groups excluding carboxylic acids is 2. The summed E-state index contributed by atoms with van der Waals surface area (Å²) in [6.07, 6.45) is 12.7. The van der Waals surface area contributed by atoms with Gasteiger partial charge in [0.2, 0.25) is 0 Å². The fourth-order valence-corrected chi connectivity index (χ4v) is 3.45. The predicted molar refractivity (Wildman–Crippen MR) is 127 cm³/mol. The molecule has 5 heteroatoms. The van der Waals surface area contributed by atoms with E-state index in [1.165, 1.54) is 19.3 Å². The van der Waals surface area contributed by atoms with E-state index in [9.17, 15) is 14.7 Å². The van der Waals surface area contributed by atoms with E-state index in [1.54, 1.807) is 0 Å². The fourth-order valence-electron chi connectivity index (χ4n) is 3.45. The lowest BCUT2D eigenvalue weighted by Gasteiger charge is -2.26. The van der Waals surface area contributed by atoms with Crippen LogP contribution in [0.1, 0.15) is 125 Å². The Morgan fingerprint density at radius 1 is 0.710 bits per heavy atom. The van der Waals surface area contributed by atoms with Gasteiger partial charge in [0.05, 0.1) is 13.2 Å². The number of ether oxygens (including phenoxy) is 2. The molecule has 0 radical (unpaired) electrons. The third-order valence-corrected chi connectivity index (χ3v) is 5.42. The van der Waals surface area contributed by atoms with E-state index in [0.29, 0.717) is 38.4 Å². The maximum Gasteiger partial charge on any atom is 0.338 e. The van der Waals surface area contributed by atoms with Gasteiger partial charge in [-0.15, -0.1) is 0 Å². The number of hydrogen-bond acceptors (Lipinski definition) is 5. The molecule has 1 atom stereocenters. The highest BCUT2D eigenvalue weighted by Crippen LogP contribution is 2.25. The van der Waals surface area contributed by atoms with E-state index in [2.05, 4.69) is 6.92 Å². The van der Waals surface area contributed by atoms with Crippen molar-refractivity contribution in [1.82, 2.24) is 0 Å². The second-order valence-electron chi connectivity index (χ2n) is 9.89. The van der Waals surface area contributed by atoms with Crippen molar-refractivity contribution < 1.29 is 24.2 Å². The summed E-state index contributed by atoms with van der Waals surface area (Å²) in [6, 6.07) is 0. The Hall–Kier alpha value is -1.10. The van der Waals surface area contributed by atoms with Crippen LogP contribution in [0.4, 0.5) is 0 Å². The van der Waals surface area contributed by atoms with Crippen LogP contribution in [0, 0.1) is 11.8 Å². The molecule has 0 heterocycles. The highest BCUT2D eigenvalue weighted by molar-refractivity contribution is 5.79. The molecule has 0 aliphatic heterocycles. The number of unbranched alkanes of at least 4 members (excludes halogenated alkanes) is 9. The van der Waals surface area contributed by atoms with E-state index in [4.69, 9.17) is 9.47 Å². The summed E-state index contributed by atoms with van der Waals surface area (Å²) >= 11 is 0. The normalized spacial score (nSPS) is 13.4. The van der Waals surface area contributed by atoms with Crippen molar-refractivity contribution in [3.63, 3.8) is 0 Å². The Morgan fingerprint density at radius 2 is 1.16 bits per heavy atom. The van der Waals surface area contributed by atoms with Gasteiger partial charge in [0.1, 0.15) is 0 Å². The minimum Gasteiger partial charge on any atom is -0.465 e. The van der Waals surface area contributed by atoms with E-state index in [0.717, 1.165) is 51.4 Å². The van der Waals surface area contributed by atoms with Crippen LogP contribution >= 0.6 is 0 Å². The van der Waals surface area contributed by atoms with Crippen molar-refractivity contribution >= 4 is 11.9 Å². The van der Waals surface area contributed by atoms with Gasteiger partial charge in [-0.1, -0.05) is 86.0 Å². The lowest BCUT2D eigenvalue weighted by molar-refractivity contribution is -0.168. The number of esters is 2. The number of aliphatic hydroxyl groups is 1. The molecule has 0 aromatic heterocycles. The zero-order valence-corrected chi connectivity index (χ0v) is 21.0. The van der Waals surface area contributed by atoms with Gasteiger partial charge < -0.3 is 14.6 Å². The molecule has 1 unspecified atom stereocenters. The summed E-state index contributed by atoms with van der Waals surface area (Å²) in [4.78, 5) is 24.2. The Labute approximate surface area is 191 Å². The Bertz CT molecular complexity index is 461. The second kappa shape index (κ2) is 18.5. The van der Waals surface area contributed by atoms with Gasteiger partial charge in [-0.3, -0.25) is 4.79 Å². The van der Waals surface area contributed by atoms with Crippen molar-refractivity contribution in [2.75, 3.05) is 13.2 Å². The van der Waals surface area contributed by atoms with Gasteiger partial charge in [-0.2, -0.15) is 0 Å². The maximum absolute atomic E-state index is 12.6. The minimum absolute atomic E-state index is 0.116. The highest BCUT2D eigenvalue weighted by atomic mass is 16.6. The largest absolute Gasteiger partial charge is 0.465 e. The molecule has 0 amide bonds. The first-order chi connectivity index (χ1) is 14.7. The van der Waals surface area contributed by atoms with Crippen LogP contribution in [0.2, 0.25) is 0 Å². The summed E-state index contributed by atoms with van der Waals surface area (Å²) in [5, 5.41) is 11.0. The van der Waals surface area contributed by atoms with Gasteiger partial charge in [-0.05, 0) is 43.9 Å². The second-order valence-corrected chi connectivity index (χ2v) is 9.89. The molecule has 1 N–H and O–H groups in total. The van der Waals surface area contributed by atoms with Crippen molar-refractivity contribution in [1.29, 1.82) is 0 Å². The summed E-state index contributed by atoms with van der Waals surface area (Å²) < 4.78 is 10.6. The van der Waals surface area contributed by atoms with Crippen LogP contribution < -0.4 is 0 Å². The summed E-state index contributed by atoms with van der Waals surface area (Å²) in [7, 11) is 0. The van der Waals surface area contributed by atoms with E-state index >= 15 is 0 Å². The molecular weight excluding hydrogens is 392 g/mol. The zero-order chi connectivity index (χ0) is 23.5. The molecule has 5 nitrogen and oxygen atoms in total. The number of hydrogen-bond donors (Lipinski definition) is 1. The quantitative estimate of drug-likeness (QED) is 0.170. The third kappa shape index (κ3) is 17.2. The van der Waals surface area contributed by atoms with Crippen molar-refractivity contribution in [3.05, 3.63) is 0 Å². The van der Waals surface area contributed by atoms with Crippen LogP contribution in [0.25, 0.3) is 0 Å². The van der Waals surface area contributed by atoms with Crippen LogP contribution in [0.3, 0.4) is 0 Å². The first-order valence-corrected chi connectivity index (χ1v) is 12.8. The monoisotopic (exact) mass is 442 g/mol. The molecule has 0 fully saturated rings. The molecular formula is C26H50O5. The van der Waals surface area contributed by atoms with Crippen molar-refractivity contribution in [2.24, 2.45) is 11.8 Å². The molecule has 0 aliphatic carbocycles. The predicted octanol–water partition coefficient (Wildman–Crippen LogP) is 6.60. The van der Waals surface area contributed by atoms with Gasteiger partial charge in [0, 0.05) is 6.42 Å². The smallest absolute Gasteiger partial charge is 0.338 e. The molecule has 0 saturated heterocycles. The summed E-state index contributed by atoms with van der Waals surface area (Å²) in [6.45, 7) is 11.1. The van der Waals surface area contributed by atoms with E-state index < -0.39 is 11.6 Å². The molecule has 0 spiro atoms. The lowest BCUT2D eigenvalue weighted by atomic mass is 9.89. The first kappa shape index (κ1) is 29.9.